The van der Waals surface area contributed by atoms with Crippen molar-refractivity contribution in [2.45, 2.75) is 12.6 Å². The second-order valence-corrected chi connectivity index (χ2v) is 7.26. The normalized spacial score (nSPS) is 12.3. The largest absolute Gasteiger partial charge is 0.394 e. The van der Waals surface area contributed by atoms with E-state index < -0.39 is 18.3 Å². The number of nitrogens with zero attached hydrogens (tertiary/aromatic N) is 3. The number of fused-ring (bicyclic) bond motifs is 1. The van der Waals surface area contributed by atoms with Gasteiger partial charge in [-0.2, -0.15) is 0 Å². The van der Waals surface area contributed by atoms with Crippen LogP contribution in [0.5, 0.6) is 0 Å². The van der Waals surface area contributed by atoms with Crippen molar-refractivity contribution in [3.8, 4) is 0 Å². The number of aryl methyl sites for hydroxylation is 1. The van der Waals surface area contributed by atoms with Gasteiger partial charge < -0.3 is 15.5 Å². The molecule has 0 fully saturated rings. The van der Waals surface area contributed by atoms with Crippen molar-refractivity contribution in [2.75, 3.05) is 11.9 Å². The van der Waals surface area contributed by atoms with Gasteiger partial charge in [0.15, 0.2) is 5.65 Å². The Labute approximate surface area is 166 Å². The van der Waals surface area contributed by atoms with Gasteiger partial charge in [0.25, 0.3) is 11.1 Å². The Morgan fingerprint density at radius 2 is 2.04 bits per heavy atom. The lowest BCUT2D eigenvalue weighted by atomic mass is 10.2. The van der Waals surface area contributed by atoms with Gasteiger partial charge in [-0.05, 0) is 18.2 Å². The number of pyridine rings is 1. The summed E-state index contributed by atoms with van der Waals surface area (Å²) in [6.45, 7) is -0.614. The molecule has 27 heavy (non-hydrogen) atoms. The third kappa shape index (κ3) is 3.91. The van der Waals surface area contributed by atoms with Crippen molar-refractivity contribution in [1.29, 1.82) is 0 Å². The van der Waals surface area contributed by atoms with Crippen molar-refractivity contribution < 1.29 is 10.2 Å². The molecular weight excluding hydrogens is 440 g/mol. The quantitative estimate of drug-likeness (QED) is 0.539. The highest BCUT2D eigenvalue weighted by Gasteiger charge is 2.16. The fourth-order valence-electron chi connectivity index (χ4n) is 2.62. The molecule has 0 aliphatic heterocycles. The van der Waals surface area contributed by atoms with Gasteiger partial charge in [0.2, 0.25) is 0 Å². The fraction of sp³-hybridized carbons (Fsp3) is 0.235. The minimum atomic E-state index is -1.10. The molecule has 3 rings (SSSR count). The molecule has 0 amide bonds. The molecule has 10 heteroatoms. The smallest absolute Gasteiger partial charge is 0.264 e. The maximum Gasteiger partial charge on any atom is 0.264 e. The predicted octanol–water partition coefficient (Wildman–Crippen LogP) is 1.61. The average molecular weight is 456 g/mol. The molecule has 0 bridgehead atoms. The lowest BCUT2D eigenvalue weighted by molar-refractivity contribution is 0.0802. The molecule has 0 spiro atoms. The van der Waals surface area contributed by atoms with Gasteiger partial charge in [0.05, 0.1) is 42.0 Å². The lowest BCUT2D eigenvalue weighted by Crippen LogP contribution is -2.31. The molecule has 142 valence electrons. The molecule has 2 aromatic heterocycles. The summed E-state index contributed by atoms with van der Waals surface area (Å²) in [5.74, 6) is 0. The summed E-state index contributed by atoms with van der Waals surface area (Å²) in [5, 5.41) is 22.2. The van der Waals surface area contributed by atoms with Crippen LogP contribution in [0.4, 0.5) is 11.4 Å². The molecular formula is C17H16BrClN4O4. The van der Waals surface area contributed by atoms with Crippen LogP contribution in [0.15, 0.2) is 44.7 Å². The molecule has 0 radical (unpaired) electrons. The van der Waals surface area contributed by atoms with Crippen LogP contribution in [-0.4, -0.2) is 37.0 Å². The van der Waals surface area contributed by atoms with E-state index in [1.807, 2.05) is 0 Å². The van der Waals surface area contributed by atoms with Gasteiger partial charge in [-0.3, -0.25) is 18.7 Å². The third-order valence-corrected chi connectivity index (χ3v) is 4.83. The first-order valence-electron chi connectivity index (χ1n) is 7.92. The number of halogens is 2. The maximum absolute atomic E-state index is 12.9. The maximum atomic E-state index is 12.9. The molecule has 3 N–H and O–H groups in total. The summed E-state index contributed by atoms with van der Waals surface area (Å²) < 4.78 is 3.23. The van der Waals surface area contributed by atoms with E-state index in [1.54, 1.807) is 18.2 Å². The summed E-state index contributed by atoms with van der Waals surface area (Å²) in [6.07, 6.45) is 0.131. The monoisotopic (exact) mass is 454 g/mol. The average Bonchev–Trinajstić information content (AvgIpc) is 2.63. The minimum Gasteiger partial charge on any atom is -0.394 e. The van der Waals surface area contributed by atoms with Crippen molar-refractivity contribution in [3.63, 3.8) is 0 Å². The SMILES string of the molecule is Cn1c(=O)cc(Nc2ccc(Br)cc2Cl)c2c(=O)n(CC(O)CO)cnc21. The Morgan fingerprint density at radius 1 is 1.30 bits per heavy atom. The van der Waals surface area contributed by atoms with Crippen LogP contribution < -0.4 is 16.4 Å². The van der Waals surface area contributed by atoms with Crippen molar-refractivity contribution in [2.24, 2.45) is 7.05 Å². The topological polar surface area (TPSA) is 109 Å². The lowest BCUT2D eigenvalue weighted by Gasteiger charge is -2.15. The highest BCUT2D eigenvalue weighted by atomic mass is 79.9. The number of hydrogen-bond acceptors (Lipinski definition) is 6. The summed E-state index contributed by atoms with van der Waals surface area (Å²) in [4.78, 5) is 29.4. The number of rotatable bonds is 5. The van der Waals surface area contributed by atoms with Crippen LogP contribution in [0.25, 0.3) is 11.0 Å². The summed E-state index contributed by atoms with van der Waals surface area (Å²) in [7, 11) is 1.51. The predicted molar refractivity (Wildman–Crippen MR) is 107 cm³/mol. The number of aliphatic hydroxyl groups is 2. The zero-order valence-electron chi connectivity index (χ0n) is 14.2. The van der Waals surface area contributed by atoms with Gasteiger partial charge >= 0.3 is 0 Å². The zero-order chi connectivity index (χ0) is 19.7. The van der Waals surface area contributed by atoms with Gasteiger partial charge in [-0.15, -0.1) is 0 Å². The Bertz CT molecular complexity index is 1130. The molecule has 3 aromatic rings. The van der Waals surface area contributed by atoms with E-state index in [0.29, 0.717) is 10.7 Å². The molecule has 0 aliphatic rings. The highest BCUT2D eigenvalue weighted by molar-refractivity contribution is 9.10. The Balaban J connectivity index is 2.21. The first kappa shape index (κ1) is 19.6. The van der Waals surface area contributed by atoms with Crippen LogP contribution in [0.1, 0.15) is 0 Å². The van der Waals surface area contributed by atoms with Crippen LogP contribution in [0.2, 0.25) is 5.02 Å². The van der Waals surface area contributed by atoms with E-state index in [9.17, 15) is 14.7 Å². The number of benzene rings is 1. The van der Waals surface area contributed by atoms with E-state index >= 15 is 0 Å². The van der Waals surface area contributed by atoms with Crippen LogP contribution in [-0.2, 0) is 13.6 Å². The van der Waals surface area contributed by atoms with Crippen molar-refractivity contribution >= 4 is 49.9 Å². The number of hydrogen-bond donors (Lipinski definition) is 3. The Morgan fingerprint density at radius 3 is 2.70 bits per heavy atom. The van der Waals surface area contributed by atoms with Crippen LogP contribution in [0.3, 0.4) is 0 Å². The van der Waals surface area contributed by atoms with E-state index in [2.05, 4.69) is 26.2 Å². The molecule has 0 aliphatic carbocycles. The van der Waals surface area contributed by atoms with Crippen LogP contribution >= 0.6 is 27.5 Å². The molecule has 0 saturated heterocycles. The summed E-state index contributed by atoms with van der Waals surface area (Å²) >= 11 is 9.55. The van der Waals surface area contributed by atoms with Crippen molar-refractivity contribution in [1.82, 2.24) is 14.1 Å². The molecule has 8 nitrogen and oxygen atoms in total. The molecule has 1 unspecified atom stereocenters. The second-order valence-electron chi connectivity index (χ2n) is 5.94. The van der Waals surface area contributed by atoms with E-state index in [0.717, 1.165) is 4.47 Å². The highest BCUT2D eigenvalue weighted by Crippen LogP contribution is 2.29. The zero-order valence-corrected chi connectivity index (χ0v) is 16.5. The first-order valence-corrected chi connectivity index (χ1v) is 9.09. The van der Waals surface area contributed by atoms with Crippen LogP contribution in [0, 0.1) is 0 Å². The minimum absolute atomic E-state index is 0.125. The van der Waals surface area contributed by atoms with E-state index in [-0.39, 0.29) is 28.8 Å². The number of anilines is 2. The second kappa shape index (κ2) is 7.81. The standard InChI is InChI=1S/C17H16BrClN4O4/c1-22-14(26)5-13(21-12-3-2-9(18)4-11(12)19)15-16(22)20-8-23(17(15)27)6-10(25)7-24/h2-5,8,10,21,24-25H,6-7H2,1H3. The molecule has 1 atom stereocenters. The third-order valence-electron chi connectivity index (χ3n) is 4.02. The molecule has 0 saturated carbocycles. The van der Waals surface area contributed by atoms with Gasteiger partial charge in [-0.25, -0.2) is 4.98 Å². The Hall–Kier alpha value is -2.20. The number of aromatic nitrogens is 3. The van der Waals surface area contributed by atoms with Crippen molar-refractivity contribution in [3.05, 3.63) is 60.8 Å². The van der Waals surface area contributed by atoms with Gasteiger partial charge in [0, 0.05) is 17.6 Å². The summed E-state index contributed by atoms with van der Waals surface area (Å²) in [5.41, 5.74) is 0.150. The fourth-order valence-corrected chi connectivity index (χ4v) is 3.34. The number of aliphatic hydroxyl groups excluding tert-OH is 2. The van der Waals surface area contributed by atoms with E-state index in [4.69, 9.17) is 16.7 Å². The first-order chi connectivity index (χ1) is 12.8. The molecule has 2 heterocycles. The van der Waals surface area contributed by atoms with E-state index in [1.165, 1.54) is 28.6 Å². The van der Waals surface area contributed by atoms with Gasteiger partial charge in [-0.1, -0.05) is 27.5 Å². The van der Waals surface area contributed by atoms with Gasteiger partial charge in [0.1, 0.15) is 5.39 Å². The summed E-state index contributed by atoms with van der Waals surface area (Å²) in [6, 6.07) is 6.45. The molecule has 1 aromatic carbocycles. The Kier molecular flexibility index (Phi) is 5.66. The number of nitrogens with one attached hydrogen (secondary N) is 1.